The first-order chi connectivity index (χ1) is 10.4. The van der Waals surface area contributed by atoms with Gasteiger partial charge in [-0.05, 0) is 57.5 Å². The maximum absolute atomic E-state index is 12.7. The number of hydrogen-bond donors (Lipinski definition) is 0. The van der Waals surface area contributed by atoms with Crippen LogP contribution < -0.4 is 4.74 Å². The van der Waals surface area contributed by atoms with E-state index in [9.17, 15) is 4.79 Å². The van der Waals surface area contributed by atoms with Crippen LogP contribution in [-0.4, -0.2) is 55.0 Å². The summed E-state index contributed by atoms with van der Waals surface area (Å²) in [4.78, 5) is 17.2. The highest BCUT2D eigenvalue weighted by molar-refractivity contribution is 5.96. The second kappa shape index (κ2) is 5.58. The lowest BCUT2D eigenvalue weighted by molar-refractivity contribution is 0.00928. The molecule has 0 atom stereocenters. The maximum Gasteiger partial charge on any atom is 0.254 e. The topological polar surface area (TPSA) is 32.8 Å². The van der Waals surface area contributed by atoms with Crippen LogP contribution in [0.2, 0.25) is 0 Å². The Kier molecular flexibility index (Phi) is 3.89. The molecule has 1 aromatic rings. The minimum atomic E-state index is 0.161. The molecule has 0 aromatic heterocycles. The van der Waals surface area contributed by atoms with E-state index >= 15 is 0 Å². The lowest BCUT2D eigenvalue weighted by Gasteiger charge is -2.48. The van der Waals surface area contributed by atoms with Crippen LogP contribution in [0.5, 0.6) is 5.75 Å². The summed E-state index contributed by atoms with van der Waals surface area (Å²) in [7, 11) is 1.65. The number of rotatable bonds is 3. The maximum atomic E-state index is 12.7. The van der Waals surface area contributed by atoms with Gasteiger partial charge in [-0.25, -0.2) is 0 Å². The Morgan fingerprint density at radius 1 is 1.27 bits per heavy atom. The van der Waals surface area contributed by atoms with E-state index in [1.54, 1.807) is 7.11 Å². The number of benzene rings is 1. The number of aryl methyl sites for hydroxylation is 1. The SMILES string of the molecule is COc1ccc(C(=O)N2CC3(CCN(C(C)C)C3)C2)c(C)c1. The number of amides is 1. The Hall–Kier alpha value is -1.55. The number of carbonyl (C=O) groups excluding carboxylic acids is 1. The van der Waals surface area contributed by atoms with E-state index in [1.807, 2.05) is 30.0 Å². The van der Waals surface area contributed by atoms with Crippen molar-refractivity contribution in [3.63, 3.8) is 0 Å². The molecule has 3 rings (SSSR count). The molecule has 1 aromatic carbocycles. The summed E-state index contributed by atoms with van der Waals surface area (Å²) in [6.45, 7) is 10.6. The van der Waals surface area contributed by atoms with E-state index in [4.69, 9.17) is 4.74 Å². The normalized spacial score (nSPS) is 20.5. The van der Waals surface area contributed by atoms with Crippen molar-refractivity contribution in [2.24, 2.45) is 5.41 Å². The summed E-state index contributed by atoms with van der Waals surface area (Å²) < 4.78 is 5.21. The van der Waals surface area contributed by atoms with Gasteiger partial charge in [0, 0.05) is 36.7 Å². The van der Waals surface area contributed by atoms with Gasteiger partial charge in [-0.15, -0.1) is 0 Å². The van der Waals surface area contributed by atoms with Crippen molar-refractivity contribution < 1.29 is 9.53 Å². The Morgan fingerprint density at radius 2 is 2.00 bits per heavy atom. The number of hydrogen-bond acceptors (Lipinski definition) is 3. The van der Waals surface area contributed by atoms with Gasteiger partial charge in [0.1, 0.15) is 5.75 Å². The summed E-state index contributed by atoms with van der Waals surface area (Å²) in [5, 5.41) is 0. The average Bonchev–Trinajstić information content (AvgIpc) is 2.90. The fourth-order valence-corrected chi connectivity index (χ4v) is 3.75. The highest BCUT2D eigenvalue weighted by Crippen LogP contribution is 2.41. The largest absolute Gasteiger partial charge is 0.497 e. The van der Waals surface area contributed by atoms with Gasteiger partial charge in [-0.2, -0.15) is 0 Å². The van der Waals surface area contributed by atoms with Crippen molar-refractivity contribution in [1.82, 2.24) is 9.80 Å². The lowest BCUT2D eigenvalue weighted by Crippen LogP contribution is -2.59. The van der Waals surface area contributed by atoms with Gasteiger partial charge in [0.2, 0.25) is 0 Å². The molecule has 2 fully saturated rings. The molecular formula is C18H26N2O2. The van der Waals surface area contributed by atoms with Crippen LogP contribution in [0.25, 0.3) is 0 Å². The second-order valence-electron chi connectivity index (χ2n) is 7.16. The van der Waals surface area contributed by atoms with Crippen LogP contribution in [0.1, 0.15) is 36.2 Å². The van der Waals surface area contributed by atoms with Gasteiger partial charge in [-0.1, -0.05) is 0 Å². The molecule has 0 radical (unpaired) electrons. The van der Waals surface area contributed by atoms with Crippen LogP contribution in [0.15, 0.2) is 18.2 Å². The molecule has 2 heterocycles. The summed E-state index contributed by atoms with van der Waals surface area (Å²) in [6.07, 6.45) is 1.22. The van der Waals surface area contributed by atoms with Crippen molar-refractivity contribution in [2.75, 3.05) is 33.3 Å². The van der Waals surface area contributed by atoms with Crippen molar-refractivity contribution in [2.45, 2.75) is 33.2 Å². The number of likely N-dealkylation sites (tertiary alicyclic amines) is 2. The molecule has 4 heteroatoms. The fourth-order valence-electron chi connectivity index (χ4n) is 3.75. The van der Waals surface area contributed by atoms with Gasteiger partial charge >= 0.3 is 0 Å². The molecule has 120 valence electrons. The fraction of sp³-hybridized carbons (Fsp3) is 0.611. The van der Waals surface area contributed by atoms with Crippen LogP contribution in [0.4, 0.5) is 0 Å². The Morgan fingerprint density at radius 3 is 2.55 bits per heavy atom. The van der Waals surface area contributed by atoms with Gasteiger partial charge in [0.15, 0.2) is 0 Å². The zero-order valence-corrected chi connectivity index (χ0v) is 14.1. The Labute approximate surface area is 133 Å². The van der Waals surface area contributed by atoms with E-state index in [2.05, 4.69) is 18.7 Å². The number of methoxy groups -OCH3 is 1. The predicted molar refractivity (Wildman–Crippen MR) is 87.4 cm³/mol. The Bertz CT molecular complexity index is 576. The van der Waals surface area contributed by atoms with Gasteiger partial charge < -0.3 is 14.5 Å². The minimum Gasteiger partial charge on any atom is -0.497 e. The third-order valence-electron chi connectivity index (χ3n) is 5.20. The van der Waals surface area contributed by atoms with Crippen molar-refractivity contribution >= 4 is 5.91 Å². The summed E-state index contributed by atoms with van der Waals surface area (Å²) in [6, 6.07) is 6.29. The molecule has 22 heavy (non-hydrogen) atoms. The van der Waals surface area contributed by atoms with Gasteiger partial charge in [0.25, 0.3) is 5.91 Å². The first-order valence-corrected chi connectivity index (χ1v) is 8.12. The quantitative estimate of drug-likeness (QED) is 0.860. The Balaban J connectivity index is 1.65. The number of carbonyl (C=O) groups is 1. The smallest absolute Gasteiger partial charge is 0.254 e. The molecule has 0 bridgehead atoms. The zero-order valence-electron chi connectivity index (χ0n) is 14.1. The molecule has 2 aliphatic heterocycles. The van der Waals surface area contributed by atoms with Crippen LogP contribution >= 0.6 is 0 Å². The first-order valence-electron chi connectivity index (χ1n) is 8.12. The molecule has 0 N–H and O–H groups in total. The molecule has 1 amide bonds. The molecule has 2 saturated heterocycles. The third kappa shape index (κ3) is 2.60. The molecular weight excluding hydrogens is 276 g/mol. The lowest BCUT2D eigenvalue weighted by atomic mass is 9.78. The van der Waals surface area contributed by atoms with Gasteiger partial charge in [-0.3, -0.25) is 4.79 Å². The van der Waals surface area contributed by atoms with E-state index in [0.29, 0.717) is 11.5 Å². The average molecular weight is 302 g/mol. The number of nitrogens with zero attached hydrogens (tertiary/aromatic N) is 2. The highest BCUT2D eigenvalue weighted by atomic mass is 16.5. The molecule has 1 spiro atoms. The summed E-state index contributed by atoms with van der Waals surface area (Å²) in [5.41, 5.74) is 2.13. The van der Waals surface area contributed by atoms with E-state index < -0.39 is 0 Å². The van der Waals surface area contributed by atoms with Crippen LogP contribution in [0, 0.1) is 12.3 Å². The van der Waals surface area contributed by atoms with Crippen molar-refractivity contribution in [1.29, 1.82) is 0 Å². The van der Waals surface area contributed by atoms with Crippen molar-refractivity contribution in [3.8, 4) is 5.75 Å². The third-order valence-corrected chi connectivity index (χ3v) is 5.20. The second-order valence-corrected chi connectivity index (χ2v) is 7.16. The van der Waals surface area contributed by atoms with E-state index in [-0.39, 0.29) is 5.91 Å². The van der Waals surface area contributed by atoms with Crippen LogP contribution in [0.3, 0.4) is 0 Å². The summed E-state index contributed by atoms with van der Waals surface area (Å²) in [5.74, 6) is 0.964. The minimum absolute atomic E-state index is 0.161. The van der Waals surface area contributed by atoms with Crippen molar-refractivity contribution in [3.05, 3.63) is 29.3 Å². The standard InChI is InChI=1S/C18H26N2O2/c1-13(2)19-8-7-18(10-19)11-20(12-18)17(21)16-6-5-15(22-4)9-14(16)3/h5-6,9,13H,7-8,10-12H2,1-4H3. The molecule has 4 nitrogen and oxygen atoms in total. The number of ether oxygens (including phenoxy) is 1. The predicted octanol–water partition coefficient (Wildman–Crippen LogP) is 2.56. The molecule has 0 aliphatic carbocycles. The molecule has 0 saturated carbocycles. The van der Waals surface area contributed by atoms with Crippen LogP contribution in [-0.2, 0) is 0 Å². The molecule has 2 aliphatic rings. The van der Waals surface area contributed by atoms with E-state index in [0.717, 1.165) is 36.5 Å². The zero-order chi connectivity index (χ0) is 15.9. The summed E-state index contributed by atoms with van der Waals surface area (Å²) >= 11 is 0. The highest BCUT2D eigenvalue weighted by Gasteiger charge is 2.49. The first kappa shape index (κ1) is 15.3. The monoisotopic (exact) mass is 302 g/mol. The molecule has 0 unspecified atom stereocenters. The van der Waals surface area contributed by atoms with E-state index in [1.165, 1.54) is 13.0 Å². The van der Waals surface area contributed by atoms with Gasteiger partial charge in [0.05, 0.1) is 7.11 Å².